The normalized spacial score (nSPS) is 34.0. The maximum absolute atomic E-state index is 11.2. The molecule has 0 unspecified atom stereocenters. The molecule has 8 heteroatoms. The van der Waals surface area contributed by atoms with Crippen LogP contribution in [0.4, 0.5) is 0 Å². The standard InChI is InChI=1S/C13H19NO7/c1-6-14-10-8(20-6)4-9(12(17)18)21-13(10,2)11(19-3)7(16)5-15/h4,7-8,10-11,15-16H,5H2,1-3H3,(H,17,18)/t7-,8-,10+,11-,13-/m1/s1. The molecule has 2 aliphatic rings. The van der Waals surface area contributed by atoms with Crippen LogP contribution in [-0.2, 0) is 19.0 Å². The number of aliphatic hydroxyl groups excluding tert-OH is 2. The molecule has 0 fully saturated rings. The van der Waals surface area contributed by atoms with Crippen LogP contribution in [0.5, 0.6) is 0 Å². The third-order valence-electron chi connectivity index (χ3n) is 3.74. The van der Waals surface area contributed by atoms with Gasteiger partial charge in [0.15, 0.2) is 11.5 Å². The summed E-state index contributed by atoms with van der Waals surface area (Å²) in [5, 5.41) is 28.3. The molecule has 0 amide bonds. The molecular weight excluding hydrogens is 282 g/mol. The predicted octanol–water partition coefficient (Wildman–Crippen LogP) is -0.702. The van der Waals surface area contributed by atoms with Gasteiger partial charge in [-0.25, -0.2) is 9.79 Å². The lowest BCUT2D eigenvalue weighted by molar-refractivity contribution is -0.180. The first-order chi connectivity index (χ1) is 9.83. The van der Waals surface area contributed by atoms with E-state index in [-0.39, 0.29) is 5.76 Å². The van der Waals surface area contributed by atoms with Crippen molar-refractivity contribution in [3.8, 4) is 0 Å². The summed E-state index contributed by atoms with van der Waals surface area (Å²) in [6, 6.07) is -0.577. The summed E-state index contributed by atoms with van der Waals surface area (Å²) in [7, 11) is 1.35. The van der Waals surface area contributed by atoms with Crippen molar-refractivity contribution in [2.45, 2.75) is 43.8 Å². The van der Waals surface area contributed by atoms with E-state index < -0.39 is 42.5 Å². The molecule has 0 aromatic rings. The van der Waals surface area contributed by atoms with E-state index >= 15 is 0 Å². The van der Waals surface area contributed by atoms with Crippen molar-refractivity contribution in [1.82, 2.24) is 0 Å². The SMILES string of the molecule is CO[C@H]([C@H](O)CO)[C@]1(C)OC(C(=O)O)=C[C@H]2OC(C)=N[C@@H]21. The molecule has 0 saturated heterocycles. The van der Waals surface area contributed by atoms with E-state index in [1.807, 2.05) is 0 Å². The molecule has 118 valence electrons. The lowest BCUT2D eigenvalue weighted by Crippen LogP contribution is -2.61. The van der Waals surface area contributed by atoms with Crippen LogP contribution in [0, 0.1) is 0 Å². The maximum Gasteiger partial charge on any atom is 0.370 e. The molecule has 0 radical (unpaired) electrons. The summed E-state index contributed by atoms with van der Waals surface area (Å²) in [5.41, 5.74) is -1.29. The molecule has 3 N–H and O–H groups in total. The van der Waals surface area contributed by atoms with Gasteiger partial charge < -0.3 is 29.5 Å². The molecule has 0 bridgehead atoms. The summed E-state index contributed by atoms with van der Waals surface area (Å²) < 4.78 is 16.3. The van der Waals surface area contributed by atoms with Gasteiger partial charge in [-0.15, -0.1) is 0 Å². The number of aliphatic carboxylic acids is 1. The van der Waals surface area contributed by atoms with Crippen LogP contribution in [0.25, 0.3) is 0 Å². The van der Waals surface area contributed by atoms with E-state index in [9.17, 15) is 9.90 Å². The monoisotopic (exact) mass is 301 g/mol. The van der Waals surface area contributed by atoms with Crippen LogP contribution < -0.4 is 0 Å². The molecule has 8 nitrogen and oxygen atoms in total. The second kappa shape index (κ2) is 5.63. The molecule has 2 heterocycles. The number of rotatable bonds is 5. The number of ether oxygens (including phenoxy) is 3. The Morgan fingerprint density at radius 3 is 2.81 bits per heavy atom. The second-order valence-corrected chi connectivity index (χ2v) is 5.20. The predicted molar refractivity (Wildman–Crippen MR) is 70.9 cm³/mol. The average Bonchev–Trinajstić information content (AvgIpc) is 2.80. The number of aliphatic imine (C=N–C) groups is 1. The Morgan fingerprint density at radius 2 is 2.29 bits per heavy atom. The molecule has 2 rings (SSSR count). The average molecular weight is 301 g/mol. The molecule has 0 aliphatic carbocycles. The number of carboxylic acids is 1. The molecule has 0 aromatic carbocycles. The third kappa shape index (κ3) is 2.61. The van der Waals surface area contributed by atoms with Crippen LogP contribution in [-0.4, -0.2) is 70.9 Å². The van der Waals surface area contributed by atoms with Crippen molar-refractivity contribution in [2.24, 2.45) is 4.99 Å². The highest BCUT2D eigenvalue weighted by Crippen LogP contribution is 2.39. The Kier molecular flexibility index (Phi) is 4.22. The van der Waals surface area contributed by atoms with E-state index in [4.69, 9.17) is 24.4 Å². The van der Waals surface area contributed by atoms with E-state index in [1.165, 1.54) is 13.2 Å². The first-order valence-electron chi connectivity index (χ1n) is 6.50. The number of methoxy groups -OCH3 is 1. The van der Waals surface area contributed by atoms with Gasteiger partial charge >= 0.3 is 5.97 Å². The Morgan fingerprint density at radius 1 is 1.62 bits per heavy atom. The molecule has 21 heavy (non-hydrogen) atoms. The van der Waals surface area contributed by atoms with Crippen LogP contribution in [0.1, 0.15) is 13.8 Å². The van der Waals surface area contributed by atoms with E-state index in [0.29, 0.717) is 5.90 Å². The number of hydrogen-bond acceptors (Lipinski definition) is 7. The number of carbonyl (C=O) groups is 1. The zero-order valence-corrected chi connectivity index (χ0v) is 12.0. The lowest BCUT2D eigenvalue weighted by Gasteiger charge is -2.44. The minimum absolute atomic E-state index is 0.296. The molecule has 0 spiro atoms. The number of carboxylic acid groups (broad SMARTS) is 1. The quantitative estimate of drug-likeness (QED) is 0.614. The summed E-state index contributed by atoms with van der Waals surface area (Å²) >= 11 is 0. The Hall–Kier alpha value is -1.64. The van der Waals surface area contributed by atoms with Crippen LogP contribution in [0.2, 0.25) is 0 Å². The highest BCUT2D eigenvalue weighted by Gasteiger charge is 2.56. The van der Waals surface area contributed by atoms with Gasteiger partial charge in [0.2, 0.25) is 5.76 Å². The number of fused-ring (bicyclic) bond motifs is 1. The van der Waals surface area contributed by atoms with Crippen molar-refractivity contribution >= 4 is 11.9 Å². The van der Waals surface area contributed by atoms with E-state index in [0.717, 1.165) is 0 Å². The topological polar surface area (TPSA) is 118 Å². The van der Waals surface area contributed by atoms with Crippen LogP contribution in [0.3, 0.4) is 0 Å². The van der Waals surface area contributed by atoms with Crippen molar-refractivity contribution in [1.29, 1.82) is 0 Å². The molecule has 0 saturated carbocycles. The molecule has 2 aliphatic heterocycles. The Bertz CT molecular complexity index is 489. The Labute approximate surface area is 121 Å². The maximum atomic E-state index is 11.2. The van der Waals surface area contributed by atoms with Gasteiger partial charge in [0.05, 0.1) is 6.61 Å². The fourth-order valence-electron chi connectivity index (χ4n) is 2.83. The minimum Gasteiger partial charge on any atom is -0.475 e. The number of hydrogen-bond donors (Lipinski definition) is 3. The summed E-state index contributed by atoms with van der Waals surface area (Å²) in [6.07, 6.45) is -1.49. The van der Waals surface area contributed by atoms with Crippen molar-refractivity contribution in [3.05, 3.63) is 11.8 Å². The minimum atomic E-state index is -1.29. The Balaban J connectivity index is 2.43. The van der Waals surface area contributed by atoms with Gasteiger partial charge in [-0.05, 0) is 6.92 Å². The van der Waals surface area contributed by atoms with Gasteiger partial charge in [-0.2, -0.15) is 0 Å². The molecule has 5 atom stereocenters. The van der Waals surface area contributed by atoms with Crippen LogP contribution >= 0.6 is 0 Å². The second-order valence-electron chi connectivity index (χ2n) is 5.20. The zero-order chi connectivity index (χ0) is 15.8. The van der Waals surface area contributed by atoms with Gasteiger partial charge in [0, 0.05) is 20.1 Å². The van der Waals surface area contributed by atoms with Crippen LogP contribution in [0.15, 0.2) is 16.8 Å². The molecule has 0 aromatic heterocycles. The number of aliphatic hydroxyl groups is 2. The first kappa shape index (κ1) is 15.7. The highest BCUT2D eigenvalue weighted by molar-refractivity contribution is 5.85. The largest absolute Gasteiger partial charge is 0.475 e. The van der Waals surface area contributed by atoms with Crippen molar-refractivity contribution in [3.63, 3.8) is 0 Å². The summed E-state index contributed by atoms with van der Waals surface area (Å²) in [4.78, 5) is 15.5. The van der Waals surface area contributed by atoms with Gasteiger partial charge in [0.1, 0.15) is 24.4 Å². The van der Waals surface area contributed by atoms with Crippen molar-refractivity contribution < 1.29 is 34.3 Å². The zero-order valence-electron chi connectivity index (χ0n) is 12.0. The fourth-order valence-corrected chi connectivity index (χ4v) is 2.83. The smallest absolute Gasteiger partial charge is 0.370 e. The van der Waals surface area contributed by atoms with Gasteiger partial charge in [-0.1, -0.05) is 0 Å². The lowest BCUT2D eigenvalue weighted by atomic mass is 9.82. The van der Waals surface area contributed by atoms with E-state index in [1.54, 1.807) is 13.8 Å². The summed E-state index contributed by atoms with van der Waals surface area (Å²) in [6.45, 7) is 2.68. The van der Waals surface area contributed by atoms with E-state index in [2.05, 4.69) is 4.99 Å². The fraction of sp³-hybridized carbons (Fsp3) is 0.692. The third-order valence-corrected chi connectivity index (χ3v) is 3.74. The van der Waals surface area contributed by atoms with Gasteiger partial charge in [0.25, 0.3) is 0 Å². The summed E-state index contributed by atoms with van der Waals surface area (Å²) in [5.74, 6) is -1.15. The van der Waals surface area contributed by atoms with Gasteiger partial charge in [-0.3, -0.25) is 0 Å². The van der Waals surface area contributed by atoms with Crippen molar-refractivity contribution in [2.75, 3.05) is 13.7 Å². The highest BCUT2D eigenvalue weighted by atomic mass is 16.6. The first-order valence-corrected chi connectivity index (χ1v) is 6.50. The molecular formula is C13H19NO7. The number of nitrogens with zero attached hydrogens (tertiary/aromatic N) is 1.